The van der Waals surface area contributed by atoms with Crippen LogP contribution < -0.4 is 5.32 Å². The quantitative estimate of drug-likeness (QED) is 0.847. The number of rotatable bonds is 4. The van der Waals surface area contributed by atoms with Gasteiger partial charge in [-0.25, -0.2) is 0 Å². The van der Waals surface area contributed by atoms with Crippen molar-refractivity contribution in [3.63, 3.8) is 0 Å². The maximum atomic E-state index is 6.07. The highest BCUT2D eigenvalue weighted by molar-refractivity contribution is 7.98. The fraction of sp³-hybridized carbons (Fsp3) is 0.647. The van der Waals surface area contributed by atoms with Crippen molar-refractivity contribution in [2.24, 2.45) is 5.92 Å². The van der Waals surface area contributed by atoms with Gasteiger partial charge in [0.1, 0.15) is 0 Å². The van der Waals surface area contributed by atoms with Crippen LogP contribution in [0.5, 0.6) is 0 Å². The SMILES string of the molecule is CNC(c1ccc(SC)cc1)C1CCOC2(CCC2)C1. The first-order chi connectivity index (χ1) is 9.76. The Morgan fingerprint density at radius 1 is 1.30 bits per heavy atom. The van der Waals surface area contributed by atoms with Crippen LogP contribution in [0.2, 0.25) is 0 Å². The number of hydrogen-bond acceptors (Lipinski definition) is 3. The van der Waals surface area contributed by atoms with Crippen LogP contribution in [0.1, 0.15) is 43.7 Å². The standard InChI is InChI=1S/C17H25NOS/c1-18-16(13-4-6-15(20-2)7-5-13)14-8-11-19-17(12-14)9-3-10-17/h4-7,14,16,18H,3,8-12H2,1-2H3. The summed E-state index contributed by atoms with van der Waals surface area (Å²) in [4.78, 5) is 1.34. The summed E-state index contributed by atoms with van der Waals surface area (Å²) in [5.74, 6) is 0.703. The van der Waals surface area contributed by atoms with Gasteiger partial charge in [0.25, 0.3) is 0 Å². The summed E-state index contributed by atoms with van der Waals surface area (Å²) < 4.78 is 6.07. The largest absolute Gasteiger partial charge is 0.375 e. The van der Waals surface area contributed by atoms with Crippen LogP contribution in [0.4, 0.5) is 0 Å². The Balaban J connectivity index is 1.74. The third-order valence-electron chi connectivity index (χ3n) is 5.05. The number of benzene rings is 1. The van der Waals surface area contributed by atoms with Gasteiger partial charge in [0.2, 0.25) is 0 Å². The van der Waals surface area contributed by atoms with Crippen LogP contribution in [0.15, 0.2) is 29.2 Å². The molecule has 1 saturated heterocycles. The van der Waals surface area contributed by atoms with E-state index in [-0.39, 0.29) is 5.60 Å². The fourth-order valence-corrected chi connectivity index (χ4v) is 4.16. The van der Waals surface area contributed by atoms with Crippen LogP contribution in [0.3, 0.4) is 0 Å². The lowest BCUT2D eigenvalue weighted by Crippen LogP contribution is -2.47. The predicted octanol–water partition coefficient (Wildman–Crippen LogP) is 4.02. The van der Waals surface area contributed by atoms with Crippen molar-refractivity contribution < 1.29 is 4.74 Å². The third kappa shape index (κ3) is 2.76. The van der Waals surface area contributed by atoms with Crippen molar-refractivity contribution in [1.82, 2.24) is 5.32 Å². The van der Waals surface area contributed by atoms with Gasteiger partial charge in [-0.1, -0.05) is 12.1 Å². The molecule has 2 fully saturated rings. The Morgan fingerprint density at radius 3 is 2.60 bits per heavy atom. The summed E-state index contributed by atoms with van der Waals surface area (Å²) in [6.07, 6.45) is 8.42. The Labute approximate surface area is 126 Å². The molecule has 0 amide bonds. The zero-order chi connectivity index (χ0) is 14.0. The van der Waals surface area contributed by atoms with E-state index in [2.05, 4.69) is 42.9 Å². The first kappa shape index (κ1) is 14.4. The molecule has 1 saturated carbocycles. The van der Waals surface area contributed by atoms with Gasteiger partial charge < -0.3 is 10.1 Å². The number of nitrogens with one attached hydrogen (secondary N) is 1. The van der Waals surface area contributed by atoms with Crippen LogP contribution >= 0.6 is 11.8 Å². The van der Waals surface area contributed by atoms with Crippen LogP contribution in [0, 0.1) is 5.92 Å². The van der Waals surface area contributed by atoms with Gasteiger partial charge in [0.05, 0.1) is 5.60 Å². The predicted molar refractivity (Wildman–Crippen MR) is 85.3 cm³/mol. The first-order valence-electron chi connectivity index (χ1n) is 7.71. The van der Waals surface area contributed by atoms with Crippen molar-refractivity contribution in [1.29, 1.82) is 0 Å². The molecule has 20 heavy (non-hydrogen) atoms. The maximum absolute atomic E-state index is 6.07. The van der Waals surface area contributed by atoms with Gasteiger partial charge >= 0.3 is 0 Å². The summed E-state index contributed by atoms with van der Waals surface area (Å²) in [5.41, 5.74) is 1.66. The van der Waals surface area contributed by atoms with Crippen molar-refractivity contribution in [3.05, 3.63) is 29.8 Å². The van der Waals surface area contributed by atoms with E-state index in [1.165, 1.54) is 42.6 Å². The lowest BCUT2D eigenvalue weighted by atomic mass is 9.69. The van der Waals surface area contributed by atoms with Crippen molar-refractivity contribution in [2.45, 2.75) is 48.6 Å². The van der Waals surface area contributed by atoms with Gasteiger partial charge in [-0.2, -0.15) is 0 Å². The molecule has 2 nitrogen and oxygen atoms in total. The van der Waals surface area contributed by atoms with Gasteiger partial charge in [0, 0.05) is 17.5 Å². The van der Waals surface area contributed by atoms with Crippen LogP contribution in [-0.4, -0.2) is 25.5 Å². The van der Waals surface area contributed by atoms with Gasteiger partial charge in [-0.15, -0.1) is 11.8 Å². The van der Waals surface area contributed by atoms with E-state index in [0.717, 1.165) is 6.61 Å². The number of hydrogen-bond donors (Lipinski definition) is 1. The Kier molecular flexibility index (Phi) is 4.39. The zero-order valence-corrected chi connectivity index (χ0v) is 13.3. The van der Waals surface area contributed by atoms with Crippen LogP contribution in [0.25, 0.3) is 0 Å². The van der Waals surface area contributed by atoms with Crippen molar-refractivity contribution in [3.8, 4) is 0 Å². The molecule has 3 heteroatoms. The van der Waals surface area contributed by atoms with Crippen molar-refractivity contribution in [2.75, 3.05) is 19.9 Å². The molecular formula is C17H25NOS. The lowest BCUT2D eigenvalue weighted by molar-refractivity contribution is -0.147. The Bertz CT molecular complexity index is 441. The second-order valence-corrected chi connectivity index (χ2v) is 7.06. The lowest BCUT2D eigenvalue weighted by Gasteiger charge is -2.48. The molecule has 3 rings (SSSR count). The third-order valence-corrected chi connectivity index (χ3v) is 5.80. The average Bonchev–Trinajstić information content (AvgIpc) is 2.47. The molecule has 2 atom stereocenters. The molecule has 110 valence electrons. The molecule has 1 spiro atoms. The second kappa shape index (κ2) is 6.08. The highest BCUT2D eigenvalue weighted by atomic mass is 32.2. The molecule has 0 radical (unpaired) electrons. The summed E-state index contributed by atoms with van der Waals surface area (Å²) >= 11 is 1.80. The topological polar surface area (TPSA) is 21.3 Å². The van der Waals surface area contributed by atoms with Crippen molar-refractivity contribution >= 4 is 11.8 Å². The molecule has 1 aromatic carbocycles. The highest BCUT2D eigenvalue weighted by Crippen LogP contribution is 2.47. The van der Waals surface area contributed by atoms with E-state index in [4.69, 9.17) is 4.74 Å². The smallest absolute Gasteiger partial charge is 0.0686 e. The molecule has 1 aromatic rings. The average molecular weight is 291 g/mol. The summed E-state index contributed by atoms with van der Waals surface area (Å²) in [6.45, 7) is 0.936. The number of thioether (sulfide) groups is 1. The van der Waals surface area contributed by atoms with Crippen LogP contribution in [-0.2, 0) is 4.74 Å². The molecule has 1 aliphatic carbocycles. The van der Waals surface area contributed by atoms with Gasteiger partial charge in [-0.05, 0) is 69.0 Å². The molecule has 1 N–H and O–H groups in total. The molecule has 0 aromatic heterocycles. The van der Waals surface area contributed by atoms with Gasteiger partial charge in [-0.3, -0.25) is 0 Å². The molecule has 2 aliphatic rings. The molecule has 1 heterocycles. The first-order valence-corrected chi connectivity index (χ1v) is 8.94. The second-order valence-electron chi connectivity index (χ2n) is 6.18. The van der Waals surface area contributed by atoms with Gasteiger partial charge in [0.15, 0.2) is 0 Å². The van der Waals surface area contributed by atoms with E-state index in [1.54, 1.807) is 11.8 Å². The zero-order valence-electron chi connectivity index (χ0n) is 12.5. The maximum Gasteiger partial charge on any atom is 0.0686 e. The minimum absolute atomic E-state index is 0.233. The fourth-order valence-electron chi connectivity index (χ4n) is 3.76. The molecular weight excluding hydrogens is 266 g/mol. The molecule has 0 bridgehead atoms. The van der Waals surface area contributed by atoms with E-state index in [1.807, 2.05) is 0 Å². The normalized spacial score (nSPS) is 26.2. The van der Waals surface area contributed by atoms with E-state index < -0.39 is 0 Å². The van der Waals surface area contributed by atoms with E-state index >= 15 is 0 Å². The van der Waals surface area contributed by atoms with E-state index in [0.29, 0.717) is 12.0 Å². The summed E-state index contributed by atoms with van der Waals surface area (Å²) in [6, 6.07) is 9.52. The monoisotopic (exact) mass is 291 g/mol. The Morgan fingerprint density at radius 2 is 2.05 bits per heavy atom. The minimum Gasteiger partial charge on any atom is -0.375 e. The highest BCUT2D eigenvalue weighted by Gasteiger charge is 2.44. The Hall–Kier alpha value is -0.510. The minimum atomic E-state index is 0.233. The number of ether oxygens (including phenoxy) is 1. The molecule has 1 aliphatic heterocycles. The molecule has 2 unspecified atom stereocenters. The summed E-state index contributed by atoms with van der Waals surface area (Å²) in [7, 11) is 2.09. The summed E-state index contributed by atoms with van der Waals surface area (Å²) in [5, 5.41) is 3.55. The van der Waals surface area contributed by atoms with E-state index in [9.17, 15) is 0 Å².